The molecule has 1 amide bonds. The van der Waals surface area contributed by atoms with Gasteiger partial charge in [-0.2, -0.15) is 0 Å². The number of piperazine rings is 1. The second-order valence-electron chi connectivity index (χ2n) is 5.85. The maximum absolute atomic E-state index is 12.3. The molecular formula is C16H21N5O2. The highest BCUT2D eigenvalue weighted by Crippen LogP contribution is 2.18. The summed E-state index contributed by atoms with van der Waals surface area (Å²) in [5.41, 5.74) is 1.73. The molecule has 0 saturated carbocycles. The number of nitrogens with zero attached hydrogens (tertiary/aromatic N) is 4. The first kappa shape index (κ1) is 15.5. The number of hydrogen-bond acceptors (Lipinski definition) is 6. The second-order valence-corrected chi connectivity index (χ2v) is 5.85. The van der Waals surface area contributed by atoms with E-state index in [1.165, 1.54) is 0 Å². The minimum atomic E-state index is -0.226. The van der Waals surface area contributed by atoms with Crippen molar-refractivity contribution in [1.29, 1.82) is 0 Å². The Balaban J connectivity index is 1.67. The maximum Gasteiger partial charge on any atom is 0.261 e. The van der Waals surface area contributed by atoms with Crippen LogP contribution in [-0.4, -0.2) is 54.2 Å². The third-order valence-electron chi connectivity index (χ3n) is 4.09. The molecule has 1 aliphatic heterocycles. The average Bonchev–Trinajstić information content (AvgIpc) is 2.88. The van der Waals surface area contributed by atoms with Crippen LogP contribution in [0.4, 0.5) is 11.5 Å². The first-order valence-corrected chi connectivity index (χ1v) is 7.68. The van der Waals surface area contributed by atoms with E-state index in [0.717, 1.165) is 32.0 Å². The third-order valence-corrected chi connectivity index (χ3v) is 4.09. The summed E-state index contributed by atoms with van der Waals surface area (Å²) in [7, 11) is 2.12. The molecule has 1 fully saturated rings. The van der Waals surface area contributed by atoms with Crippen molar-refractivity contribution >= 4 is 17.4 Å². The number of pyridine rings is 1. The number of carbonyl (C=O) groups is 1. The molecule has 122 valence electrons. The summed E-state index contributed by atoms with van der Waals surface area (Å²) in [4.78, 5) is 21.3. The predicted octanol–water partition coefficient (Wildman–Crippen LogP) is 1.69. The predicted molar refractivity (Wildman–Crippen MR) is 87.9 cm³/mol. The van der Waals surface area contributed by atoms with Gasteiger partial charge in [0, 0.05) is 26.2 Å². The van der Waals surface area contributed by atoms with Gasteiger partial charge in [-0.15, -0.1) is 0 Å². The van der Waals surface area contributed by atoms with Crippen LogP contribution in [0.5, 0.6) is 0 Å². The van der Waals surface area contributed by atoms with Crippen molar-refractivity contribution in [3.05, 3.63) is 35.3 Å². The Morgan fingerprint density at radius 1 is 1.22 bits per heavy atom. The Morgan fingerprint density at radius 3 is 2.52 bits per heavy atom. The number of amides is 1. The molecule has 0 spiro atoms. The number of nitrogens with one attached hydrogen (secondary N) is 1. The van der Waals surface area contributed by atoms with Crippen LogP contribution in [0.25, 0.3) is 0 Å². The number of carbonyl (C=O) groups excluding carboxylic acids is 1. The fraction of sp³-hybridized carbons (Fsp3) is 0.438. The molecule has 0 atom stereocenters. The lowest BCUT2D eigenvalue weighted by Crippen LogP contribution is -2.44. The molecule has 3 heterocycles. The summed E-state index contributed by atoms with van der Waals surface area (Å²) in [6, 6.07) is 3.81. The van der Waals surface area contributed by atoms with Crippen molar-refractivity contribution in [3.8, 4) is 0 Å². The van der Waals surface area contributed by atoms with Crippen molar-refractivity contribution in [2.75, 3.05) is 43.4 Å². The molecule has 1 aliphatic rings. The molecule has 2 aromatic heterocycles. The Morgan fingerprint density at radius 2 is 1.96 bits per heavy atom. The summed E-state index contributed by atoms with van der Waals surface area (Å²) >= 11 is 0. The van der Waals surface area contributed by atoms with Crippen molar-refractivity contribution in [2.24, 2.45) is 0 Å². The molecular weight excluding hydrogens is 294 g/mol. The zero-order valence-electron chi connectivity index (χ0n) is 13.7. The number of aromatic nitrogens is 2. The van der Waals surface area contributed by atoms with Crippen LogP contribution in [-0.2, 0) is 0 Å². The average molecular weight is 315 g/mol. The van der Waals surface area contributed by atoms with Gasteiger partial charge in [0.2, 0.25) is 0 Å². The normalized spacial score (nSPS) is 15.7. The molecule has 0 radical (unpaired) electrons. The summed E-state index contributed by atoms with van der Waals surface area (Å²) in [5.74, 6) is 1.23. The van der Waals surface area contributed by atoms with Crippen LogP contribution in [0, 0.1) is 13.8 Å². The van der Waals surface area contributed by atoms with E-state index in [1.807, 2.05) is 12.1 Å². The highest BCUT2D eigenvalue weighted by atomic mass is 16.5. The highest BCUT2D eigenvalue weighted by molar-refractivity contribution is 6.05. The molecule has 2 aromatic rings. The minimum Gasteiger partial charge on any atom is -0.361 e. The van der Waals surface area contributed by atoms with E-state index >= 15 is 0 Å². The Labute approximate surface area is 135 Å². The molecule has 3 rings (SSSR count). The first-order valence-electron chi connectivity index (χ1n) is 7.68. The number of hydrogen-bond donors (Lipinski definition) is 1. The minimum absolute atomic E-state index is 0.226. The molecule has 0 unspecified atom stereocenters. The van der Waals surface area contributed by atoms with Crippen LogP contribution in [0.3, 0.4) is 0 Å². The Kier molecular flexibility index (Phi) is 4.29. The SMILES string of the molecule is Cc1noc(C)c1C(=O)Nc1ccc(N2CCN(C)CC2)nc1. The van der Waals surface area contributed by atoms with Gasteiger partial charge in [0.15, 0.2) is 0 Å². The lowest BCUT2D eigenvalue weighted by Gasteiger charge is -2.33. The Hall–Kier alpha value is -2.41. The van der Waals surface area contributed by atoms with E-state index in [-0.39, 0.29) is 5.91 Å². The van der Waals surface area contributed by atoms with Crippen LogP contribution in [0.2, 0.25) is 0 Å². The maximum atomic E-state index is 12.3. The Bertz CT molecular complexity index is 667. The summed E-state index contributed by atoms with van der Waals surface area (Å²) in [6.45, 7) is 7.48. The second kappa shape index (κ2) is 6.37. The van der Waals surface area contributed by atoms with Gasteiger partial charge >= 0.3 is 0 Å². The fourth-order valence-corrected chi connectivity index (χ4v) is 2.68. The highest BCUT2D eigenvalue weighted by Gasteiger charge is 2.18. The quantitative estimate of drug-likeness (QED) is 0.929. The van der Waals surface area contributed by atoms with E-state index in [4.69, 9.17) is 4.52 Å². The van der Waals surface area contributed by atoms with Crippen molar-refractivity contribution in [2.45, 2.75) is 13.8 Å². The van der Waals surface area contributed by atoms with E-state index in [0.29, 0.717) is 22.7 Å². The van der Waals surface area contributed by atoms with Crippen molar-refractivity contribution < 1.29 is 9.32 Å². The van der Waals surface area contributed by atoms with Crippen LogP contribution < -0.4 is 10.2 Å². The summed E-state index contributed by atoms with van der Waals surface area (Å²) in [6.07, 6.45) is 1.68. The van der Waals surface area contributed by atoms with Gasteiger partial charge in [-0.25, -0.2) is 4.98 Å². The fourth-order valence-electron chi connectivity index (χ4n) is 2.68. The monoisotopic (exact) mass is 315 g/mol. The molecule has 0 aliphatic carbocycles. The van der Waals surface area contributed by atoms with Gasteiger partial charge in [-0.1, -0.05) is 5.16 Å². The largest absolute Gasteiger partial charge is 0.361 e. The van der Waals surface area contributed by atoms with Gasteiger partial charge in [0.05, 0.1) is 17.6 Å². The van der Waals surface area contributed by atoms with E-state index < -0.39 is 0 Å². The van der Waals surface area contributed by atoms with Crippen molar-refractivity contribution in [3.63, 3.8) is 0 Å². The van der Waals surface area contributed by atoms with Crippen molar-refractivity contribution in [1.82, 2.24) is 15.0 Å². The first-order chi connectivity index (χ1) is 11.0. The molecule has 0 bridgehead atoms. The van der Waals surface area contributed by atoms with Gasteiger partial charge in [0.25, 0.3) is 5.91 Å². The van der Waals surface area contributed by atoms with Gasteiger partial charge in [0.1, 0.15) is 17.1 Å². The zero-order valence-corrected chi connectivity index (χ0v) is 13.7. The lowest BCUT2D eigenvalue weighted by molar-refractivity contribution is 0.102. The zero-order chi connectivity index (χ0) is 16.4. The molecule has 7 heteroatoms. The van der Waals surface area contributed by atoms with Gasteiger partial charge < -0.3 is 19.6 Å². The van der Waals surface area contributed by atoms with Gasteiger partial charge in [-0.3, -0.25) is 4.79 Å². The van der Waals surface area contributed by atoms with E-state index in [9.17, 15) is 4.79 Å². The van der Waals surface area contributed by atoms with Gasteiger partial charge in [-0.05, 0) is 33.0 Å². The topological polar surface area (TPSA) is 74.5 Å². The number of aryl methyl sites for hydroxylation is 2. The number of rotatable bonds is 3. The standard InChI is InChI=1S/C16H21N5O2/c1-11-15(12(2)23-19-11)16(22)18-13-4-5-14(17-10-13)21-8-6-20(3)7-9-21/h4-5,10H,6-9H2,1-3H3,(H,18,22). The van der Waals surface area contributed by atoms with Crippen LogP contribution in [0.1, 0.15) is 21.8 Å². The molecule has 0 aromatic carbocycles. The van der Waals surface area contributed by atoms with Crippen LogP contribution >= 0.6 is 0 Å². The molecule has 1 saturated heterocycles. The summed E-state index contributed by atoms with van der Waals surface area (Å²) < 4.78 is 5.02. The molecule has 23 heavy (non-hydrogen) atoms. The molecule has 1 N–H and O–H groups in total. The molecule has 7 nitrogen and oxygen atoms in total. The summed E-state index contributed by atoms with van der Waals surface area (Å²) in [5, 5.41) is 6.63. The third kappa shape index (κ3) is 3.34. The number of likely N-dealkylation sites (N-methyl/N-ethyl adjacent to an activating group) is 1. The number of anilines is 2. The van der Waals surface area contributed by atoms with E-state index in [2.05, 4.69) is 32.3 Å². The lowest BCUT2D eigenvalue weighted by atomic mass is 10.2. The van der Waals surface area contributed by atoms with E-state index in [1.54, 1.807) is 20.0 Å². The van der Waals surface area contributed by atoms with Crippen LogP contribution in [0.15, 0.2) is 22.9 Å². The smallest absolute Gasteiger partial charge is 0.261 e.